The molecule has 0 unspecified atom stereocenters. The van der Waals surface area contributed by atoms with E-state index in [-0.39, 0.29) is 24.0 Å². The minimum Gasteiger partial charge on any atom is -0.356 e. The predicted molar refractivity (Wildman–Crippen MR) is 99.5 cm³/mol. The molecule has 0 saturated heterocycles. The maximum atomic E-state index is 12.2. The highest BCUT2D eigenvalue weighted by Crippen LogP contribution is 2.42. The van der Waals surface area contributed by atoms with Gasteiger partial charge < -0.3 is 10.6 Å². The van der Waals surface area contributed by atoms with Gasteiger partial charge in [-0.1, -0.05) is 13.3 Å². The highest BCUT2D eigenvalue weighted by molar-refractivity contribution is 14.0. The topological polar surface area (TPSA) is 39.7 Å². The molecule has 0 amide bonds. The van der Waals surface area contributed by atoms with Gasteiger partial charge in [0.05, 0.1) is 6.54 Å². The van der Waals surface area contributed by atoms with Gasteiger partial charge >= 0.3 is 6.18 Å². The SMILES string of the molecule is CCC1(CNC(=NC)NCCCN(C)CC(F)(F)F)CCC1.I. The summed E-state index contributed by atoms with van der Waals surface area (Å²) in [5, 5.41) is 6.50. The first-order valence-electron chi connectivity index (χ1n) is 8.00. The van der Waals surface area contributed by atoms with E-state index in [1.807, 2.05) is 0 Å². The number of alkyl halides is 3. The van der Waals surface area contributed by atoms with E-state index in [0.29, 0.717) is 24.9 Å². The first kappa shape index (κ1) is 22.8. The van der Waals surface area contributed by atoms with Gasteiger partial charge in [-0.15, -0.1) is 24.0 Å². The van der Waals surface area contributed by atoms with Gasteiger partial charge in [0.15, 0.2) is 5.96 Å². The molecule has 1 rings (SSSR count). The van der Waals surface area contributed by atoms with E-state index in [2.05, 4.69) is 22.5 Å². The Kier molecular flexibility index (Phi) is 10.5. The molecule has 2 N–H and O–H groups in total. The lowest BCUT2D eigenvalue weighted by Crippen LogP contribution is -2.46. The van der Waals surface area contributed by atoms with Gasteiger partial charge in [0.25, 0.3) is 0 Å². The van der Waals surface area contributed by atoms with Crippen LogP contribution in [0.1, 0.15) is 39.0 Å². The van der Waals surface area contributed by atoms with Crippen molar-refractivity contribution in [2.24, 2.45) is 10.4 Å². The second-order valence-corrected chi connectivity index (χ2v) is 6.27. The number of aliphatic imine (C=N–C) groups is 1. The van der Waals surface area contributed by atoms with Gasteiger partial charge in [0.2, 0.25) is 0 Å². The molecular formula is C15H30F3IN4. The largest absolute Gasteiger partial charge is 0.401 e. The summed E-state index contributed by atoms with van der Waals surface area (Å²) in [6.45, 7) is 3.28. The first-order valence-corrected chi connectivity index (χ1v) is 8.00. The summed E-state index contributed by atoms with van der Waals surface area (Å²) in [4.78, 5) is 5.45. The zero-order valence-corrected chi connectivity index (χ0v) is 16.6. The highest BCUT2D eigenvalue weighted by Gasteiger charge is 2.34. The predicted octanol–water partition coefficient (Wildman–Crippen LogP) is 3.23. The minimum atomic E-state index is -4.13. The number of nitrogens with zero attached hydrogens (tertiary/aromatic N) is 2. The summed E-state index contributed by atoms with van der Waals surface area (Å²) in [7, 11) is 3.20. The summed E-state index contributed by atoms with van der Waals surface area (Å²) in [5.41, 5.74) is 0.407. The van der Waals surface area contributed by atoms with Crippen molar-refractivity contribution in [2.45, 2.75) is 45.2 Å². The van der Waals surface area contributed by atoms with Crippen LogP contribution in [0.15, 0.2) is 4.99 Å². The van der Waals surface area contributed by atoms with Crippen LogP contribution in [0, 0.1) is 5.41 Å². The summed E-state index contributed by atoms with van der Waals surface area (Å²) in [6.07, 6.45) is 1.50. The quantitative estimate of drug-likeness (QED) is 0.258. The number of guanidine groups is 1. The molecule has 1 aliphatic carbocycles. The standard InChI is InChI=1S/C15H29F3N4.HI/c1-4-14(7-5-8-14)11-21-13(19-2)20-9-6-10-22(3)12-15(16,17)18;/h4-12H2,1-3H3,(H2,19,20,21);1H. The van der Waals surface area contributed by atoms with Crippen molar-refractivity contribution in [2.75, 3.05) is 40.3 Å². The van der Waals surface area contributed by atoms with E-state index in [4.69, 9.17) is 0 Å². The Morgan fingerprint density at radius 1 is 1.26 bits per heavy atom. The molecule has 23 heavy (non-hydrogen) atoms. The number of hydrogen-bond acceptors (Lipinski definition) is 2. The Bertz CT molecular complexity index is 352. The van der Waals surface area contributed by atoms with Crippen molar-refractivity contribution in [3.05, 3.63) is 0 Å². The second-order valence-electron chi connectivity index (χ2n) is 6.27. The van der Waals surface area contributed by atoms with E-state index in [0.717, 1.165) is 12.5 Å². The van der Waals surface area contributed by atoms with E-state index in [1.54, 1.807) is 7.05 Å². The van der Waals surface area contributed by atoms with Crippen LogP contribution in [0.3, 0.4) is 0 Å². The fraction of sp³-hybridized carbons (Fsp3) is 0.933. The number of nitrogens with one attached hydrogen (secondary N) is 2. The molecule has 138 valence electrons. The van der Waals surface area contributed by atoms with E-state index in [1.165, 1.54) is 37.6 Å². The third-order valence-electron chi connectivity index (χ3n) is 4.48. The molecular weight excluding hydrogens is 420 g/mol. The molecule has 0 heterocycles. The van der Waals surface area contributed by atoms with Crippen molar-refractivity contribution in [3.8, 4) is 0 Å². The van der Waals surface area contributed by atoms with Gasteiger partial charge in [0, 0.05) is 20.1 Å². The Morgan fingerprint density at radius 3 is 2.35 bits per heavy atom. The van der Waals surface area contributed by atoms with Crippen molar-refractivity contribution < 1.29 is 13.2 Å². The second kappa shape index (κ2) is 10.6. The lowest BCUT2D eigenvalue weighted by molar-refractivity contribution is -0.143. The van der Waals surface area contributed by atoms with Crippen LogP contribution in [0.4, 0.5) is 13.2 Å². The lowest BCUT2D eigenvalue weighted by Gasteiger charge is -2.41. The lowest BCUT2D eigenvalue weighted by atomic mass is 9.67. The van der Waals surface area contributed by atoms with Gasteiger partial charge in [-0.25, -0.2) is 0 Å². The monoisotopic (exact) mass is 450 g/mol. The van der Waals surface area contributed by atoms with Gasteiger partial charge in [-0.2, -0.15) is 13.2 Å². The van der Waals surface area contributed by atoms with Crippen molar-refractivity contribution in [3.63, 3.8) is 0 Å². The third-order valence-corrected chi connectivity index (χ3v) is 4.48. The molecule has 8 heteroatoms. The summed E-state index contributed by atoms with van der Waals surface area (Å²) in [5.74, 6) is 0.734. The molecule has 4 nitrogen and oxygen atoms in total. The molecule has 0 radical (unpaired) electrons. The van der Waals surface area contributed by atoms with Crippen LogP contribution < -0.4 is 10.6 Å². The molecule has 1 fully saturated rings. The average molecular weight is 450 g/mol. The summed E-state index contributed by atoms with van der Waals surface area (Å²) < 4.78 is 36.6. The van der Waals surface area contributed by atoms with Crippen molar-refractivity contribution >= 4 is 29.9 Å². The fourth-order valence-electron chi connectivity index (χ4n) is 2.76. The molecule has 0 aliphatic heterocycles. The zero-order chi connectivity index (χ0) is 16.6. The molecule has 0 aromatic heterocycles. The molecule has 0 spiro atoms. The van der Waals surface area contributed by atoms with Crippen LogP contribution in [-0.2, 0) is 0 Å². The molecule has 0 aromatic rings. The smallest absolute Gasteiger partial charge is 0.356 e. The van der Waals surface area contributed by atoms with Crippen LogP contribution in [0.5, 0.6) is 0 Å². The van der Waals surface area contributed by atoms with Crippen LogP contribution in [0.25, 0.3) is 0 Å². The van der Waals surface area contributed by atoms with Crippen LogP contribution in [-0.4, -0.2) is 57.3 Å². The molecule has 0 atom stereocenters. The van der Waals surface area contributed by atoms with Crippen LogP contribution >= 0.6 is 24.0 Å². The van der Waals surface area contributed by atoms with Crippen molar-refractivity contribution in [1.82, 2.24) is 15.5 Å². The highest BCUT2D eigenvalue weighted by atomic mass is 127. The van der Waals surface area contributed by atoms with E-state index >= 15 is 0 Å². The minimum absolute atomic E-state index is 0. The number of rotatable bonds is 8. The Labute approximate surface area is 154 Å². The molecule has 1 aliphatic rings. The van der Waals surface area contributed by atoms with Gasteiger partial charge in [0.1, 0.15) is 0 Å². The fourth-order valence-corrected chi connectivity index (χ4v) is 2.76. The maximum Gasteiger partial charge on any atom is 0.401 e. The Hall–Kier alpha value is -0.250. The molecule has 0 bridgehead atoms. The Balaban J connectivity index is 0.00000484. The normalized spacial score (nSPS) is 17.4. The Morgan fingerprint density at radius 2 is 1.91 bits per heavy atom. The molecule has 1 saturated carbocycles. The van der Waals surface area contributed by atoms with Gasteiger partial charge in [-0.3, -0.25) is 9.89 Å². The molecule has 0 aromatic carbocycles. The zero-order valence-electron chi connectivity index (χ0n) is 14.3. The maximum absolute atomic E-state index is 12.2. The number of hydrogen-bond donors (Lipinski definition) is 2. The summed E-state index contributed by atoms with van der Waals surface area (Å²) in [6, 6.07) is 0. The number of halogens is 4. The van der Waals surface area contributed by atoms with E-state index in [9.17, 15) is 13.2 Å². The van der Waals surface area contributed by atoms with Crippen molar-refractivity contribution in [1.29, 1.82) is 0 Å². The third kappa shape index (κ3) is 8.97. The van der Waals surface area contributed by atoms with Crippen LogP contribution in [0.2, 0.25) is 0 Å². The average Bonchev–Trinajstić information content (AvgIpc) is 2.38. The van der Waals surface area contributed by atoms with Gasteiger partial charge in [-0.05, 0) is 44.7 Å². The van der Waals surface area contributed by atoms with E-state index < -0.39 is 12.7 Å². The first-order chi connectivity index (χ1) is 10.3. The summed E-state index contributed by atoms with van der Waals surface area (Å²) >= 11 is 0.